The number of hydrogen-bond donors (Lipinski definition) is 0. The Morgan fingerprint density at radius 3 is 2.25 bits per heavy atom. The maximum absolute atomic E-state index is 12.7. The van der Waals surface area contributed by atoms with Gasteiger partial charge in [0, 0.05) is 5.56 Å². The maximum Gasteiger partial charge on any atom is 0.517 e. The Bertz CT molecular complexity index is 442. The van der Waals surface area contributed by atoms with Gasteiger partial charge in [0.1, 0.15) is 5.60 Å². The summed E-state index contributed by atoms with van der Waals surface area (Å²) in [6.07, 6.45) is 3.22. The minimum Gasteiger partial charge on any atom is -0.414 e. The van der Waals surface area contributed by atoms with E-state index in [4.69, 9.17) is 4.74 Å². The van der Waals surface area contributed by atoms with Crippen LogP contribution in [-0.2, 0) is 4.74 Å². The third kappa shape index (κ3) is 3.83. The number of nitrogens with zero attached hydrogens (tertiary/aromatic N) is 1. The first kappa shape index (κ1) is 15.0. The van der Waals surface area contributed by atoms with E-state index in [9.17, 15) is 4.79 Å². The second-order valence-electron chi connectivity index (χ2n) is 6.56. The summed E-state index contributed by atoms with van der Waals surface area (Å²) in [7, 11) is 0. The summed E-state index contributed by atoms with van der Waals surface area (Å²) in [5.74, 6) is 0. The zero-order valence-electron chi connectivity index (χ0n) is 12.8. The van der Waals surface area contributed by atoms with Crippen LogP contribution in [0.2, 0.25) is 0 Å². The molecule has 1 radical (unpaired) electrons. The highest BCUT2D eigenvalue weighted by atomic mass is 16.6. The van der Waals surface area contributed by atoms with Gasteiger partial charge in [0.2, 0.25) is 0 Å². The normalized spacial score (nSPS) is 18.6. The van der Waals surface area contributed by atoms with Crippen LogP contribution in [0.1, 0.15) is 45.6 Å². The summed E-state index contributed by atoms with van der Waals surface area (Å²) >= 11 is 0. The summed E-state index contributed by atoms with van der Waals surface area (Å²) in [5.41, 5.74) is 0.643. The van der Waals surface area contributed by atoms with E-state index >= 15 is 0 Å². The molecule has 0 aliphatic carbocycles. The largest absolute Gasteiger partial charge is 0.517 e. The molecule has 0 spiro atoms. The zero-order valence-corrected chi connectivity index (χ0v) is 12.8. The van der Waals surface area contributed by atoms with Crippen molar-refractivity contribution < 1.29 is 14.0 Å². The molecule has 1 aromatic rings. The number of quaternary nitrogens is 1. The first-order valence-electron chi connectivity index (χ1n) is 7.43. The van der Waals surface area contributed by atoms with Gasteiger partial charge >= 0.3 is 6.09 Å². The van der Waals surface area contributed by atoms with Gasteiger partial charge in [-0.1, -0.05) is 30.3 Å². The molecule has 1 saturated heterocycles. The van der Waals surface area contributed by atoms with Crippen LogP contribution in [0, 0.1) is 6.54 Å². The summed E-state index contributed by atoms with van der Waals surface area (Å²) in [6.45, 7) is 9.51. The number of amides is 1. The van der Waals surface area contributed by atoms with Crippen LogP contribution in [0.4, 0.5) is 4.79 Å². The highest BCUT2D eigenvalue weighted by molar-refractivity contribution is 5.61. The number of piperidine rings is 1. The second kappa shape index (κ2) is 5.96. The van der Waals surface area contributed by atoms with Crippen LogP contribution in [-0.4, -0.2) is 29.3 Å². The summed E-state index contributed by atoms with van der Waals surface area (Å²) in [4.78, 5) is 12.7. The Labute approximate surface area is 122 Å². The maximum atomic E-state index is 12.7. The van der Waals surface area contributed by atoms with Gasteiger partial charge in [-0.15, -0.1) is 0 Å². The zero-order chi connectivity index (χ0) is 14.6. The second-order valence-corrected chi connectivity index (χ2v) is 6.56. The van der Waals surface area contributed by atoms with Crippen LogP contribution in [0.3, 0.4) is 0 Å². The smallest absolute Gasteiger partial charge is 0.414 e. The Morgan fingerprint density at radius 2 is 1.70 bits per heavy atom. The third-order valence-corrected chi connectivity index (χ3v) is 3.57. The molecular weight excluding hydrogens is 250 g/mol. The molecule has 0 N–H and O–H groups in total. The van der Waals surface area contributed by atoms with Gasteiger partial charge in [-0.25, -0.2) is 4.48 Å². The molecule has 0 saturated carbocycles. The summed E-state index contributed by atoms with van der Waals surface area (Å²) in [6, 6.07) is 10.1. The lowest BCUT2D eigenvalue weighted by molar-refractivity contribution is -0.831. The highest BCUT2D eigenvalue weighted by Crippen LogP contribution is 2.27. The van der Waals surface area contributed by atoms with E-state index in [1.54, 1.807) is 0 Å². The van der Waals surface area contributed by atoms with Crippen LogP contribution in [0.5, 0.6) is 0 Å². The minimum absolute atomic E-state index is 0.124. The van der Waals surface area contributed by atoms with Crippen molar-refractivity contribution in [3.8, 4) is 0 Å². The van der Waals surface area contributed by atoms with E-state index in [-0.39, 0.29) is 6.09 Å². The van der Waals surface area contributed by atoms with Crippen molar-refractivity contribution in [2.75, 3.05) is 13.1 Å². The van der Waals surface area contributed by atoms with Gasteiger partial charge in [0.25, 0.3) is 0 Å². The molecule has 1 aliphatic rings. The van der Waals surface area contributed by atoms with Crippen molar-refractivity contribution in [3.63, 3.8) is 0 Å². The molecular formula is C17H25NO2+. The molecule has 1 fully saturated rings. The lowest BCUT2D eigenvalue weighted by Gasteiger charge is -2.38. The van der Waals surface area contributed by atoms with E-state index in [1.165, 1.54) is 6.42 Å². The standard InChI is InChI=1S/C17H25NO2/c1-17(2,3)20-16(19)18(12-8-5-9-13-18)14-15-10-6-4-7-11-15/h4,6-7,10-11,14H,5,8-9,12-13H2,1-3H3/q+1. The molecule has 20 heavy (non-hydrogen) atoms. The topological polar surface area (TPSA) is 26.3 Å². The Kier molecular flexibility index (Phi) is 4.48. The SMILES string of the molecule is CC(C)(C)OC(=O)[N+]1([CH]c2ccccc2)CCCCC1. The van der Waals surface area contributed by atoms with Gasteiger partial charge in [-0.2, -0.15) is 4.79 Å². The molecule has 2 rings (SSSR count). The van der Waals surface area contributed by atoms with Crippen LogP contribution >= 0.6 is 0 Å². The fourth-order valence-corrected chi connectivity index (χ4v) is 2.62. The molecule has 0 bridgehead atoms. The molecule has 1 aromatic carbocycles. The lowest BCUT2D eigenvalue weighted by Crippen LogP contribution is -2.55. The average molecular weight is 275 g/mol. The molecule has 1 aliphatic heterocycles. The highest BCUT2D eigenvalue weighted by Gasteiger charge is 2.42. The predicted molar refractivity (Wildman–Crippen MR) is 79.9 cm³/mol. The van der Waals surface area contributed by atoms with Crippen molar-refractivity contribution in [1.82, 2.24) is 0 Å². The van der Waals surface area contributed by atoms with E-state index in [1.807, 2.05) is 51.1 Å². The van der Waals surface area contributed by atoms with Gasteiger partial charge in [0.05, 0.1) is 13.1 Å². The number of benzene rings is 1. The fraction of sp³-hybridized carbons (Fsp3) is 0.529. The van der Waals surface area contributed by atoms with Crippen LogP contribution < -0.4 is 0 Å². The Morgan fingerprint density at radius 1 is 1.10 bits per heavy atom. The summed E-state index contributed by atoms with van der Waals surface area (Å²) < 4.78 is 5.98. The number of carbonyl (C=O) groups excluding carboxylic acids is 1. The molecule has 0 atom stereocenters. The van der Waals surface area contributed by atoms with Gasteiger partial charge in [-0.05, 0) is 40.0 Å². The third-order valence-electron chi connectivity index (χ3n) is 3.57. The quantitative estimate of drug-likeness (QED) is 0.758. The van der Waals surface area contributed by atoms with E-state index in [0.717, 1.165) is 31.5 Å². The van der Waals surface area contributed by atoms with Crippen molar-refractivity contribution >= 4 is 6.09 Å². The van der Waals surface area contributed by atoms with Gasteiger partial charge in [0.15, 0.2) is 6.54 Å². The fourth-order valence-electron chi connectivity index (χ4n) is 2.62. The Balaban J connectivity index is 2.19. The number of likely N-dealkylation sites (tertiary alicyclic amines) is 1. The lowest BCUT2D eigenvalue weighted by atomic mass is 10.1. The van der Waals surface area contributed by atoms with Crippen molar-refractivity contribution in [2.45, 2.75) is 45.6 Å². The average Bonchev–Trinajstić information content (AvgIpc) is 2.39. The molecule has 1 amide bonds. The van der Waals surface area contributed by atoms with Gasteiger partial charge < -0.3 is 4.74 Å². The van der Waals surface area contributed by atoms with E-state index < -0.39 is 5.60 Å². The first-order valence-corrected chi connectivity index (χ1v) is 7.43. The molecule has 0 aromatic heterocycles. The minimum atomic E-state index is -0.440. The molecule has 0 unspecified atom stereocenters. The monoisotopic (exact) mass is 275 g/mol. The predicted octanol–water partition coefficient (Wildman–Crippen LogP) is 4.13. The number of hydrogen-bond acceptors (Lipinski definition) is 2. The van der Waals surface area contributed by atoms with Gasteiger partial charge in [-0.3, -0.25) is 0 Å². The number of rotatable bonds is 2. The Hall–Kier alpha value is -1.35. The van der Waals surface area contributed by atoms with Crippen LogP contribution in [0.15, 0.2) is 30.3 Å². The number of carbonyl (C=O) groups is 1. The molecule has 3 heteroatoms. The molecule has 109 valence electrons. The number of ether oxygens (including phenoxy) is 1. The van der Waals surface area contributed by atoms with Crippen molar-refractivity contribution in [3.05, 3.63) is 42.4 Å². The van der Waals surface area contributed by atoms with Crippen LogP contribution in [0.25, 0.3) is 0 Å². The van der Waals surface area contributed by atoms with Crippen molar-refractivity contribution in [2.24, 2.45) is 0 Å². The van der Waals surface area contributed by atoms with E-state index in [2.05, 4.69) is 6.54 Å². The summed E-state index contributed by atoms with van der Waals surface area (Å²) in [5, 5.41) is 0. The molecule has 1 heterocycles. The molecule has 3 nitrogen and oxygen atoms in total. The van der Waals surface area contributed by atoms with Crippen molar-refractivity contribution in [1.29, 1.82) is 0 Å². The first-order chi connectivity index (χ1) is 9.41. The van der Waals surface area contributed by atoms with E-state index in [0.29, 0.717) is 4.48 Å².